The second-order valence-electron chi connectivity index (χ2n) is 5.15. The monoisotopic (exact) mass is 314 g/mol. The molecule has 24 heavy (non-hydrogen) atoms. The molecule has 0 aliphatic heterocycles. The number of hydrogen-bond acceptors (Lipinski definition) is 5. The van der Waals surface area contributed by atoms with E-state index in [0.29, 0.717) is 11.6 Å². The molecule has 4 rings (SSSR count). The molecule has 0 spiro atoms. The van der Waals surface area contributed by atoms with Gasteiger partial charge in [-0.25, -0.2) is 4.98 Å². The number of aromatic nitrogens is 4. The first-order chi connectivity index (χ1) is 11.9. The lowest BCUT2D eigenvalue weighted by molar-refractivity contribution is 0.938. The lowest BCUT2D eigenvalue weighted by atomic mass is 10.1. The smallest absolute Gasteiger partial charge is 0.254 e. The molecule has 6 nitrogen and oxygen atoms in total. The van der Waals surface area contributed by atoms with Crippen LogP contribution in [-0.4, -0.2) is 25.8 Å². The summed E-state index contributed by atoms with van der Waals surface area (Å²) in [6.45, 7) is 0. The molecule has 6 heteroatoms. The van der Waals surface area contributed by atoms with E-state index in [-0.39, 0.29) is 0 Å². The zero-order valence-electron chi connectivity index (χ0n) is 12.7. The first-order valence-electron chi connectivity index (χ1n) is 7.50. The number of rotatable bonds is 4. The molecule has 0 saturated heterocycles. The van der Waals surface area contributed by atoms with E-state index in [9.17, 15) is 0 Å². The number of nitrogens with zero attached hydrogens (tertiary/aromatic N) is 5. The first-order valence-corrected chi connectivity index (χ1v) is 7.50. The van der Waals surface area contributed by atoms with Gasteiger partial charge in [0.25, 0.3) is 5.78 Å². The third kappa shape index (κ3) is 2.85. The highest BCUT2D eigenvalue weighted by molar-refractivity contribution is 5.80. The Hall–Kier alpha value is -3.54. The molecular weight excluding hydrogens is 300 g/mol. The zero-order valence-corrected chi connectivity index (χ0v) is 12.7. The molecule has 2 aromatic carbocycles. The summed E-state index contributed by atoms with van der Waals surface area (Å²) in [6, 6.07) is 21.7. The second-order valence-corrected chi connectivity index (χ2v) is 5.15. The van der Waals surface area contributed by atoms with E-state index in [1.54, 1.807) is 10.7 Å². The Morgan fingerprint density at radius 2 is 1.71 bits per heavy atom. The fourth-order valence-electron chi connectivity index (χ4n) is 2.36. The second kappa shape index (κ2) is 6.29. The van der Waals surface area contributed by atoms with Crippen LogP contribution in [0.4, 0.5) is 5.82 Å². The molecule has 0 unspecified atom stereocenters. The summed E-state index contributed by atoms with van der Waals surface area (Å²) in [4.78, 5) is 8.71. The van der Waals surface area contributed by atoms with Gasteiger partial charge in [-0.05, 0) is 5.56 Å². The highest BCUT2D eigenvalue weighted by atomic mass is 15.4. The minimum Gasteiger partial charge on any atom is -0.261 e. The van der Waals surface area contributed by atoms with Gasteiger partial charge in [-0.15, -0.1) is 0 Å². The minimum absolute atomic E-state index is 0.522. The fourth-order valence-corrected chi connectivity index (χ4v) is 2.36. The molecule has 0 radical (unpaired) electrons. The van der Waals surface area contributed by atoms with E-state index >= 15 is 0 Å². The Morgan fingerprint density at radius 3 is 2.50 bits per heavy atom. The number of hydrogen-bond donors (Lipinski definition) is 1. The van der Waals surface area contributed by atoms with E-state index in [1.807, 2.05) is 66.7 Å². The normalized spacial score (nSPS) is 11.2. The van der Waals surface area contributed by atoms with Crippen molar-refractivity contribution in [3.05, 3.63) is 78.6 Å². The number of anilines is 1. The van der Waals surface area contributed by atoms with E-state index < -0.39 is 0 Å². The van der Waals surface area contributed by atoms with Crippen molar-refractivity contribution in [3.8, 4) is 11.3 Å². The Morgan fingerprint density at radius 1 is 0.958 bits per heavy atom. The maximum Gasteiger partial charge on any atom is 0.254 e. The summed E-state index contributed by atoms with van der Waals surface area (Å²) in [5.74, 6) is 1.22. The van der Waals surface area contributed by atoms with Gasteiger partial charge in [0, 0.05) is 11.6 Å². The van der Waals surface area contributed by atoms with Gasteiger partial charge in [0.1, 0.15) is 6.33 Å². The van der Waals surface area contributed by atoms with Gasteiger partial charge in [-0.1, -0.05) is 60.7 Å². The molecule has 1 N–H and O–H groups in total. The summed E-state index contributed by atoms with van der Waals surface area (Å²) >= 11 is 0. The first kappa shape index (κ1) is 14.1. The summed E-state index contributed by atoms with van der Waals surface area (Å²) < 4.78 is 1.62. The summed E-state index contributed by atoms with van der Waals surface area (Å²) in [6.07, 6.45) is 3.23. The van der Waals surface area contributed by atoms with Crippen LogP contribution in [0.25, 0.3) is 17.0 Å². The molecule has 0 amide bonds. The van der Waals surface area contributed by atoms with Crippen molar-refractivity contribution >= 4 is 17.8 Å². The lowest BCUT2D eigenvalue weighted by Crippen LogP contribution is -2.02. The predicted molar refractivity (Wildman–Crippen MR) is 93.9 cm³/mol. The van der Waals surface area contributed by atoms with Crippen LogP contribution in [0.3, 0.4) is 0 Å². The molecule has 0 fully saturated rings. The van der Waals surface area contributed by atoms with Crippen molar-refractivity contribution in [2.75, 3.05) is 5.43 Å². The molecule has 116 valence electrons. The van der Waals surface area contributed by atoms with Crippen molar-refractivity contribution in [1.29, 1.82) is 0 Å². The van der Waals surface area contributed by atoms with Crippen LogP contribution in [-0.2, 0) is 0 Å². The van der Waals surface area contributed by atoms with Crippen LogP contribution < -0.4 is 5.43 Å². The minimum atomic E-state index is 0.522. The Labute approximate surface area is 138 Å². The van der Waals surface area contributed by atoms with Gasteiger partial charge in [-0.3, -0.25) is 5.43 Å². The van der Waals surface area contributed by atoms with E-state index in [0.717, 1.165) is 16.8 Å². The lowest BCUT2D eigenvalue weighted by Gasteiger charge is -2.06. The van der Waals surface area contributed by atoms with Crippen LogP contribution in [0.15, 0.2) is 78.2 Å². The van der Waals surface area contributed by atoms with Gasteiger partial charge in [0.15, 0.2) is 5.82 Å². The predicted octanol–water partition coefficient (Wildman–Crippen LogP) is 3.24. The van der Waals surface area contributed by atoms with Crippen molar-refractivity contribution in [2.24, 2.45) is 5.10 Å². The standard InChI is InChI=1S/C18H14N6/c1-3-7-14(8-4-1)12-20-23-17-11-16(15-9-5-2-6-10-15)22-18-19-13-21-24(17)18/h1-13,23H. The van der Waals surface area contributed by atoms with Gasteiger partial charge < -0.3 is 0 Å². The molecule has 2 aromatic heterocycles. The molecule has 0 atom stereocenters. The summed E-state index contributed by atoms with van der Waals surface area (Å²) in [7, 11) is 0. The van der Waals surface area contributed by atoms with Gasteiger partial charge in [-0.2, -0.15) is 19.7 Å². The summed E-state index contributed by atoms with van der Waals surface area (Å²) in [5.41, 5.74) is 5.86. The third-order valence-corrected chi connectivity index (χ3v) is 3.51. The average molecular weight is 314 g/mol. The number of fused-ring (bicyclic) bond motifs is 1. The highest BCUT2D eigenvalue weighted by Gasteiger charge is 2.08. The molecule has 0 aliphatic carbocycles. The topological polar surface area (TPSA) is 67.5 Å². The summed E-state index contributed by atoms with van der Waals surface area (Å²) in [5, 5.41) is 8.47. The number of hydrazone groups is 1. The van der Waals surface area contributed by atoms with Crippen molar-refractivity contribution in [1.82, 2.24) is 19.6 Å². The van der Waals surface area contributed by atoms with Crippen molar-refractivity contribution in [3.63, 3.8) is 0 Å². The Bertz CT molecular complexity index is 976. The fraction of sp³-hybridized carbons (Fsp3) is 0. The average Bonchev–Trinajstić information content (AvgIpc) is 3.12. The maximum atomic E-state index is 4.53. The van der Waals surface area contributed by atoms with E-state index in [1.165, 1.54) is 6.33 Å². The SMILES string of the molecule is C(=NNc1cc(-c2ccccc2)nc2ncnn12)c1ccccc1. The molecule has 2 heterocycles. The number of nitrogens with one attached hydrogen (secondary N) is 1. The van der Waals surface area contributed by atoms with Crippen LogP contribution in [0.2, 0.25) is 0 Å². The van der Waals surface area contributed by atoms with Gasteiger partial charge in [0.05, 0.1) is 11.9 Å². The van der Waals surface area contributed by atoms with E-state index in [2.05, 4.69) is 25.6 Å². The van der Waals surface area contributed by atoms with Gasteiger partial charge in [0.2, 0.25) is 0 Å². The van der Waals surface area contributed by atoms with Crippen LogP contribution in [0, 0.1) is 0 Å². The molecule has 0 aliphatic rings. The third-order valence-electron chi connectivity index (χ3n) is 3.51. The molecule has 4 aromatic rings. The van der Waals surface area contributed by atoms with Gasteiger partial charge >= 0.3 is 0 Å². The van der Waals surface area contributed by atoms with Crippen molar-refractivity contribution in [2.45, 2.75) is 0 Å². The van der Waals surface area contributed by atoms with Crippen molar-refractivity contribution < 1.29 is 0 Å². The number of benzene rings is 2. The van der Waals surface area contributed by atoms with Crippen LogP contribution >= 0.6 is 0 Å². The van der Waals surface area contributed by atoms with Crippen LogP contribution in [0.5, 0.6) is 0 Å². The molecule has 0 bridgehead atoms. The zero-order chi connectivity index (χ0) is 16.2. The Balaban J connectivity index is 1.69. The molecule has 0 saturated carbocycles. The van der Waals surface area contributed by atoms with E-state index in [4.69, 9.17) is 0 Å². The maximum absolute atomic E-state index is 4.53. The Kier molecular flexibility index (Phi) is 3.69. The quantitative estimate of drug-likeness (QED) is 0.464. The highest BCUT2D eigenvalue weighted by Crippen LogP contribution is 2.21. The largest absolute Gasteiger partial charge is 0.261 e. The van der Waals surface area contributed by atoms with Crippen LogP contribution in [0.1, 0.15) is 5.56 Å². The molecular formula is C18H14N6.